The number of ether oxygens (including phenoxy) is 2. The Balaban J connectivity index is 0.000000143. The summed E-state index contributed by atoms with van der Waals surface area (Å²) in [5.74, 6) is 5.49. The lowest BCUT2D eigenvalue weighted by atomic mass is 10.0. The molecule has 2 amide bonds. The number of imidazole rings is 2. The Labute approximate surface area is 434 Å². The summed E-state index contributed by atoms with van der Waals surface area (Å²) in [6, 6.07) is 15.5. The summed E-state index contributed by atoms with van der Waals surface area (Å²) in [4.78, 5) is 59.2. The fourth-order valence-corrected chi connectivity index (χ4v) is 10.8. The minimum absolute atomic E-state index is 0. The zero-order valence-corrected chi connectivity index (χ0v) is 42.6. The van der Waals surface area contributed by atoms with Crippen LogP contribution in [0.4, 0.5) is 23.0 Å². The molecule has 0 atom stereocenters. The number of hydrogen-bond donors (Lipinski definition) is 0. The molecule has 6 aliphatic rings. The van der Waals surface area contributed by atoms with Gasteiger partial charge in [-0.15, -0.1) is 0 Å². The molecule has 18 heteroatoms. The van der Waals surface area contributed by atoms with E-state index in [1.165, 1.54) is 37.2 Å². The molecule has 2 saturated carbocycles. The van der Waals surface area contributed by atoms with E-state index >= 15 is 0 Å². The average molecular weight is 1090 g/mol. The number of nitrogens with zero attached hydrogens (tertiary/aromatic N) is 12. The first kappa shape index (κ1) is 50.1. The third kappa shape index (κ3) is 10.4. The van der Waals surface area contributed by atoms with Crippen molar-refractivity contribution in [3.8, 4) is 11.3 Å². The number of pyridine rings is 2. The lowest BCUT2D eigenvalue weighted by molar-refractivity contribution is -0.133. The first-order valence-electron chi connectivity index (χ1n) is 24.5. The van der Waals surface area contributed by atoms with Crippen molar-refractivity contribution in [3.63, 3.8) is 0 Å². The van der Waals surface area contributed by atoms with Gasteiger partial charge in [-0.05, 0) is 84.0 Å². The molecule has 2 saturated heterocycles. The second-order valence-electron chi connectivity index (χ2n) is 18.4. The Morgan fingerprint density at radius 1 is 0.662 bits per heavy atom. The van der Waals surface area contributed by atoms with E-state index in [0.717, 1.165) is 119 Å². The summed E-state index contributed by atoms with van der Waals surface area (Å²) in [7, 11) is 0. The molecule has 16 nitrogen and oxygen atoms in total. The molecule has 71 heavy (non-hydrogen) atoms. The molecule has 0 N–H and O–H groups in total. The molecule has 0 spiro atoms. The van der Waals surface area contributed by atoms with Gasteiger partial charge in [-0.2, -0.15) is 0 Å². The van der Waals surface area contributed by atoms with Gasteiger partial charge < -0.3 is 38.2 Å². The zero-order valence-electron chi connectivity index (χ0n) is 39.7. The summed E-state index contributed by atoms with van der Waals surface area (Å²) in [6.07, 6.45) is 6.02. The quantitative estimate of drug-likeness (QED) is 0.112. The largest absolute Gasteiger partial charge is 0.378 e. The highest BCUT2D eigenvalue weighted by Crippen LogP contribution is 2.45. The molecule has 4 fully saturated rings. The number of rotatable bonds is 7. The minimum Gasteiger partial charge on any atom is -0.378 e. The molecule has 4 aliphatic heterocycles. The Hall–Kier alpha value is -5.86. The monoisotopic (exact) mass is 1090 g/mol. The summed E-state index contributed by atoms with van der Waals surface area (Å²) in [6.45, 7) is 29.3. The molecule has 6 aromatic rings. The number of hydrogen-bond acceptors (Lipinski definition) is 10. The van der Waals surface area contributed by atoms with Crippen LogP contribution in [0.1, 0.15) is 94.7 Å². The predicted molar refractivity (Wildman–Crippen MR) is 285 cm³/mol. The van der Waals surface area contributed by atoms with Crippen molar-refractivity contribution >= 4 is 90.8 Å². The Kier molecular flexibility index (Phi) is 15.4. The molecule has 2 aromatic carbocycles. The summed E-state index contributed by atoms with van der Waals surface area (Å²) in [5, 5.41) is 2.39. The Bertz CT molecular complexity index is 3050. The number of fused-ring (bicyclic) bond motifs is 4. The first-order chi connectivity index (χ1) is 34.2. The van der Waals surface area contributed by atoms with E-state index < -0.39 is 0 Å². The highest BCUT2D eigenvalue weighted by Gasteiger charge is 2.36. The molecule has 2 aliphatic carbocycles. The summed E-state index contributed by atoms with van der Waals surface area (Å²) < 4.78 is 16.6. The van der Waals surface area contributed by atoms with Gasteiger partial charge in [0.05, 0.1) is 80.8 Å². The number of anilines is 2. The summed E-state index contributed by atoms with van der Waals surface area (Å²) in [5.41, 5.74) is 7.04. The van der Waals surface area contributed by atoms with Crippen LogP contribution in [-0.4, -0.2) is 116 Å². The van der Waals surface area contributed by atoms with Crippen molar-refractivity contribution in [2.24, 2.45) is 0 Å². The van der Waals surface area contributed by atoms with Gasteiger partial charge in [0, 0.05) is 93.0 Å². The van der Waals surface area contributed by atoms with E-state index in [1.54, 1.807) is 0 Å². The Morgan fingerprint density at radius 3 is 1.66 bits per heavy atom. The maximum absolute atomic E-state index is 12.5. The lowest BCUT2D eigenvalue weighted by Gasteiger charge is -2.30. The van der Waals surface area contributed by atoms with Crippen molar-refractivity contribution < 1.29 is 19.1 Å². The van der Waals surface area contributed by atoms with Crippen LogP contribution in [0, 0.1) is 16.8 Å². The molecule has 0 unspecified atom stereocenters. The molecular formula is C53H60ClIN12O4. The topological polar surface area (TPSA) is 136 Å². The van der Waals surface area contributed by atoms with Crippen molar-refractivity contribution in [2.45, 2.75) is 97.8 Å². The Morgan fingerprint density at radius 2 is 1.14 bits per heavy atom. The maximum atomic E-state index is 12.5. The number of halogens is 2. The van der Waals surface area contributed by atoms with E-state index in [9.17, 15) is 9.59 Å². The van der Waals surface area contributed by atoms with Gasteiger partial charge in [0.15, 0.2) is 0 Å². The van der Waals surface area contributed by atoms with Gasteiger partial charge in [-0.25, -0.2) is 29.6 Å². The molecule has 0 radical (unpaired) electrons. The second kappa shape index (κ2) is 21.9. The van der Waals surface area contributed by atoms with Crippen LogP contribution in [0.5, 0.6) is 0 Å². The smallest absolute Gasteiger partial charge is 0.229 e. The van der Waals surface area contributed by atoms with E-state index in [1.807, 2.05) is 66.1 Å². The van der Waals surface area contributed by atoms with Crippen molar-refractivity contribution in [3.05, 3.63) is 103 Å². The van der Waals surface area contributed by atoms with E-state index in [0.29, 0.717) is 74.0 Å². The van der Waals surface area contributed by atoms with E-state index in [-0.39, 0.29) is 19.2 Å². The number of morpholine rings is 2. The number of amides is 2. The predicted octanol–water partition coefficient (Wildman–Crippen LogP) is 10.1. The third-order valence-corrected chi connectivity index (χ3v) is 15.1. The normalized spacial score (nSPS) is 17.4. The van der Waals surface area contributed by atoms with Crippen LogP contribution < -0.4 is 9.80 Å². The number of carbonyl (C=O) groups is 2. The van der Waals surface area contributed by atoms with Gasteiger partial charge in [-0.3, -0.25) is 9.59 Å². The first-order valence-corrected chi connectivity index (χ1v) is 26.0. The van der Waals surface area contributed by atoms with Gasteiger partial charge in [-0.1, -0.05) is 51.1 Å². The van der Waals surface area contributed by atoms with Gasteiger partial charge in [0.1, 0.15) is 27.0 Å². The van der Waals surface area contributed by atoms with Crippen LogP contribution in [0.15, 0.2) is 48.5 Å². The molecule has 12 rings (SSSR count). The van der Waals surface area contributed by atoms with E-state index in [4.69, 9.17) is 44.2 Å². The third-order valence-electron chi connectivity index (χ3n) is 13.9. The maximum Gasteiger partial charge on any atom is 0.229 e. The highest BCUT2D eigenvalue weighted by atomic mass is 127. The van der Waals surface area contributed by atoms with Crippen molar-refractivity contribution in [1.82, 2.24) is 38.9 Å². The van der Waals surface area contributed by atoms with Crippen LogP contribution in [0.3, 0.4) is 0 Å². The second-order valence-corrected chi connectivity index (χ2v) is 19.9. The summed E-state index contributed by atoms with van der Waals surface area (Å²) >= 11 is 8.45. The fraction of sp³-hybridized carbons (Fsp3) is 0.472. The number of benzene rings is 2. The standard InChI is InChI=1S/C26H28N6O2.C14H12ClN3O.C12H16IN3O.CH4/c1-3-23(33)31-9-10-32-22(16-31)24(29-25(32)17-7-8-17)18-5-4-6-20-19(18)15-21(27-2)26(28-20)30-11-13-34-14-12-30;1-16-13-9-10-11(15)3-2-4-12(10)17-14(13)18-5-7-19-8-6-18;1-2-10(17)15-5-6-16-9(7-15)11(13)14-12(16)8-3-4-8;/h4-6,15,17H,3,7-14,16H2,1H3;2-4,9H,5-8H2;8H,2-7H2,1H3;1H4. The van der Waals surface area contributed by atoms with Gasteiger partial charge in [0.25, 0.3) is 0 Å². The zero-order chi connectivity index (χ0) is 48.5. The molecule has 8 heterocycles. The van der Waals surface area contributed by atoms with Crippen LogP contribution in [0.25, 0.3) is 42.8 Å². The molecular weight excluding hydrogens is 1030 g/mol. The van der Waals surface area contributed by atoms with Gasteiger partial charge >= 0.3 is 0 Å². The highest BCUT2D eigenvalue weighted by molar-refractivity contribution is 14.1. The lowest BCUT2D eigenvalue weighted by Crippen LogP contribution is -2.38. The van der Waals surface area contributed by atoms with Crippen molar-refractivity contribution in [2.75, 3.05) is 75.5 Å². The molecule has 0 bridgehead atoms. The average Bonchev–Trinajstić information content (AvgIpc) is 4.37. The molecule has 370 valence electrons. The number of carbonyl (C=O) groups excluding carboxylic acids is 2. The van der Waals surface area contributed by atoms with Crippen LogP contribution in [-0.2, 0) is 45.2 Å². The van der Waals surface area contributed by atoms with E-state index in [2.05, 4.69) is 67.2 Å². The number of aromatic nitrogens is 6. The van der Waals surface area contributed by atoms with Crippen molar-refractivity contribution in [1.29, 1.82) is 0 Å². The van der Waals surface area contributed by atoms with Crippen LogP contribution in [0.2, 0.25) is 5.02 Å². The SMILES string of the molecule is C.CCC(=O)N1CCn2c(C3CC3)nc(I)c2C1.[C-]#[N+]c1cc2c(-c3nc(C4CC4)n4c3CN(C(=O)CC)CC4)cccc2nc1N1CCOCC1.[C-]#[N+]c1cc2c(Cl)cccc2nc1N1CCOCC1. The minimum atomic E-state index is 0. The molecule has 4 aromatic heterocycles. The van der Waals surface area contributed by atoms with Crippen LogP contribution >= 0.6 is 34.2 Å². The van der Waals surface area contributed by atoms with Gasteiger partial charge in [0.2, 0.25) is 23.2 Å². The fourth-order valence-electron chi connectivity index (χ4n) is 9.85.